The maximum absolute atomic E-state index is 14.8. The van der Waals surface area contributed by atoms with E-state index in [2.05, 4.69) is 10.6 Å². The minimum Gasteiger partial charge on any atom is -0.497 e. The van der Waals surface area contributed by atoms with E-state index in [4.69, 9.17) is 9.47 Å². The van der Waals surface area contributed by atoms with Crippen molar-refractivity contribution < 1.29 is 23.9 Å². The van der Waals surface area contributed by atoms with E-state index in [9.17, 15) is 14.4 Å². The molecule has 0 spiro atoms. The van der Waals surface area contributed by atoms with Gasteiger partial charge in [0.05, 0.1) is 7.11 Å². The molecule has 0 aromatic heterocycles. The number of rotatable bonds is 11. The van der Waals surface area contributed by atoms with Gasteiger partial charge in [0.2, 0.25) is 5.91 Å². The first kappa shape index (κ1) is 34.2. The summed E-state index contributed by atoms with van der Waals surface area (Å²) in [6.07, 6.45) is 0.0709. The van der Waals surface area contributed by atoms with Crippen LogP contribution in [0.5, 0.6) is 5.75 Å². The molecule has 3 rings (SSSR count). The molecule has 8 heteroatoms. The molecular weight excluding hydrogens is 554 g/mol. The van der Waals surface area contributed by atoms with Crippen LogP contribution in [0.25, 0.3) is 0 Å². The molecule has 3 amide bonds. The van der Waals surface area contributed by atoms with Gasteiger partial charge in [-0.3, -0.25) is 9.59 Å². The van der Waals surface area contributed by atoms with Crippen molar-refractivity contribution in [2.75, 3.05) is 12.4 Å². The van der Waals surface area contributed by atoms with Gasteiger partial charge in [-0.25, -0.2) is 4.79 Å². The maximum Gasteiger partial charge on any atom is 0.408 e. The molecular formula is C36H47N3O5. The van der Waals surface area contributed by atoms with Crippen LogP contribution in [0.2, 0.25) is 0 Å². The summed E-state index contributed by atoms with van der Waals surface area (Å²) >= 11 is 0. The van der Waals surface area contributed by atoms with Gasteiger partial charge in [-0.05, 0) is 90.3 Å². The normalized spacial score (nSPS) is 12.9. The van der Waals surface area contributed by atoms with Crippen LogP contribution in [-0.2, 0) is 20.7 Å². The first-order valence-electron chi connectivity index (χ1n) is 15.0. The van der Waals surface area contributed by atoms with Crippen molar-refractivity contribution in [1.29, 1.82) is 0 Å². The fourth-order valence-electron chi connectivity index (χ4n) is 5.08. The van der Waals surface area contributed by atoms with Crippen molar-refractivity contribution in [3.8, 4) is 5.75 Å². The molecule has 2 unspecified atom stereocenters. The van der Waals surface area contributed by atoms with Crippen LogP contribution < -0.4 is 15.4 Å². The van der Waals surface area contributed by atoms with Gasteiger partial charge in [0.25, 0.3) is 5.91 Å². The van der Waals surface area contributed by atoms with E-state index in [0.717, 1.165) is 16.7 Å². The number of methoxy groups -OCH3 is 1. The van der Waals surface area contributed by atoms with Gasteiger partial charge >= 0.3 is 6.09 Å². The zero-order valence-corrected chi connectivity index (χ0v) is 27.5. The van der Waals surface area contributed by atoms with Crippen LogP contribution in [0.1, 0.15) is 76.3 Å². The Labute approximate surface area is 262 Å². The molecule has 236 valence electrons. The summed E-state index contributed by atoms with van der Waals surface area (Å²) in [4.78, 5) is 43.9. The molecule has 0 saturated heterocycles. The highest BCUT2D eigenvalue weighted by Crippen LogP contribution is 2.34. The quantitative estimate of drug-likeness (QED) is 0.243. The lowest BCUT2D eigenvalue weighted by atomic mass is 9.90. The molecule has 3 aromatic carbocycles. The third-order valence-corrected chi connectivity index (χ3v) is 7.45. The summed E-state index contributed by atoms with van der Waals surface area (Å²) < 4.78 is 10.8. The fraction of sp³-hybridized carbons (Fsp3) is 0.417. The maximum atomic E-state index is 14.8. The average Bonchev–Trinajstić information content (AvgIpc) is 2.94. The second-order valence-corrected chi connectivity index (χ2v) is 12.8. The Hall–Kier alpha value is -4.33. The topological polar surface area (TPSA) is 97.0 Å². The first-order valence-corrected chi connectivity index (χ1v) is 15.0. The first-order chi connectivity index (χ1) is 20.6. The summed E-state index contributed by atoms with van der Waals surface area (Å²) in [6.45, 7) is 15.1. The lowest BCUT2D eigenvalue weighted by Gasteiger charge is -2.44. The number of benzene rings is 3. The van der Waals surface area contributed by atoms with Gasteiger partial charge in [0, 0.05) is 17.6 Å². The average molecular weight is 602 g/mol. The van der Waals surface area contributed by atoms with E-state index in [1.54, 1.807) is 57.0 Å². The largest absolute Gasteiger partial charge is 0.497 e. The van der Waals surface area contributed by atoms with Gasteiger partial charge in [-0.15, -0.1) is 0 Å². The monoisotopic (exact) mass is 601 g/mol. The standard InChI is InChI=1S/C36H47N3O5/c1-10-36(7,8)39(33(41)30(23-26-14-12-11-13-15-26)38-34(42)44-35(4,5)6)31(27-21-24(2)20-25(3)22-27)32(40)37-28-16-18-29(43-9)19-17-28/h11-22,30-31H,10,23H2,1-9H3,(H,37,40)(H,38,42). The van der Waals surface area contributed by atoms with Crippen molar-refractivity contribution in [2.24, 2.45) is 0 Å². The third-order valence-electron chi connectivity index (χ3n) is 7.45. The van der Waals surface area contributed by atoms with Crippen LogP contribution in [0.15, 0.2) is 72.8 Å². The minimum atomic E-state index is -1.00. The molecule has 44 heavy (non-hydrogen) atoms. The van der Waals surface area contributed by atoms with Crippen molar-refractivity contribution >= 4 is 23.6 Å². The number of alkyl carbamates (subject to hydrolysis) is 1. The van der Waals surface area contributed by atoms with Crippen LogP contribution in [-0.4, -0.2) is 47.1 Å². The molecule has 0 radical (unpaired) electrons. The molecule has 0 aliphatic rings. The third kappa shape index (κ3) is 9.33. The number of carbonyl (C=O) groups is 3. The number of amides is 3. The second-order valence-electron chi connectivity index (χ2n) is 12.8. The lowest BCUT2D eigenvalue weighted by Crippen LogP contribution is -2.59. The van der Waals surface area contributed by atoms with E-state index < -0.39 is 29.3 Å². The predicted molar refractivity (Wildman–Crippen MR) is 175 cm³/mol. The molecule has 3 aromatic rings. The Balaban J connectivity index is 2.15. The van der Waals surface area contributed by atoms with Gasteiger partial charge in [-0.1, -0.05) is 66.6 Å². The van der Waals surface area contributed by atoms with Crippen LogP contribution >= 0.6 is 0 Å². The Morgan fingerprint density at radius 3 is 1.98 bits per heavy atom. The molecule has 0 bridgehead atoms. The predicted octanol–water partition coefficient (Wildman–Crippen LogP) is 7.15. The van der Waals surface area contributed by atoms with Crippen molar-refractivity contribution in [3.63, 3.8) is 0 Å². The molecule has 0 saturated carbocycles. The lowest BCUT2D eigenvalue weighted by molar-refractivity contribution is -0.147. The Bertz CT molecular complexity index is 1410. The van der Waals surface area contributed by atoms with E-state index in [-0.39, 0.29) is 18.2 Å². The van der Waals surface area contributed by atoms with Gasteiger partial charge in [-0.2, -0.15) is 0 Å². The van der Waals surface area contributed by atoms with E-state index in [1.165, 1.54) is 0 Å². The summed E-state index contributed by atoms with van der Waals surface area (Å²) in [7, 11) is 1.58. The van der Waals surface area contributed by atoms with E-state index in [1.807, 2.05) is 83.1 Å². The smallest absolute Gasteiger partial charge is 0.408 e. The van der Waals surface area contributed by atoms with Crippen LogP contribution in [0.4, 0.5) is 10.5 Å². The van der Waals surface area contributed by atoms with Crippen LogP contribution in [0, 0.1) is 13.8 Å². The number of anilines is 1. The van der Waals surface area contributed by atoms with Crippen LogP contribution in [0.3, 0.4) is 0 Å². The highest BCUT2D eigenvalue weighted by atomic mass is 16.6. The van der Waals surface area contributed by atoms with Gasteiger partial charge < -0.3 is 25.0 Å². The van der Waals surface area contributed by atoms with Crippen molar-refractivity contribution in [2.45, 2.75) is 91.5 Å². The number of hydrogen-bond donors (Lipinski definition) is 2. The van der Waals surface area contributed by atoms with Crippen molar-refractivity contribution in [1.82, 2.24) is 10.2 Å². The second kappa shape index (κ2) is 14.4. The molecule has 0 fully saturated rings. The van der Waals surface area contributed by atoms with Gasteiger partial charge in [0.15, 0.2) is 0 Å². The Morgan fingerprint density at radius 1 is 0.864 bits per heavy atom. The summed E-state index contributed by atoms with van der Waals surface area (Å²) in [5, 5.41) is 5.85. The number of ether oxygens (including phenoxy) is 2. The zero-order valence-electron chi connectivity index (χ0n) is 27.5. The summed E-state index contributed by atoms with van der Waals surface area (Å²) in [6, 6.07) is 20.4. The highest BCUT2D eigenvalue weighted by Gasteiger charge is 2.43. The fourth-order valence-corrected chi connectivity index (χ4v) is 5.08. The molecule has 2 N–H and O–H groups in total. The Kier molecular flexibility index (Phi) is 11.2. The summed E-state index contributed by atoms with van der Waals surface area (Å²) in [5.41, 5.74) is 2.52. The molecule has 0 aliphatic carbocycles. The number of carbonyl (C=O) groups excluding carboxylic acids is 3. The molecule has 2 atom stereocenters. The molecule has 0 aliphatic heterocycles. The minimum absolute atomic E-state index is 0.217. The SMILES string of the molecule is CCC(C)(C)N(C(=O)C(Cc1ccccc1)NC(=O)OC(C)(C)C)C(C(=O)Nc1ccc(OC)cc1)c1cc(C)cc(C)c1. The molecule has 8 nitrogen and oxygen atoms in total. The van der Waals surface area contributed by atoms with E-state index in [0.29, 0.717) is 23.4 Å². The van der Waals surface area contributed by atoms with Crippen molar-refractivity contribution in [3.05, 3.63) is 95.1 Å². The highest BCUT2D eigenvalue weighted by molar-refractivity contribution is 5.99. The summed E-state index contributed by atoms with van der Waals surface area (Å²) in [5.74, 6) is -0.0962. The zero-order chi connectivity index (χ0) is 32.7. The number of nitrogens with zero attached hydrogens (tertiary/aromatic N) is 1. The molecule has 0 heterocycles. The van der Waals surface area contributed by atoms with Gasteiger partial charge in [0.1, 0.15) is 23.4 Å². The Morgan fingerprint density at radius 2 is 1.45 bits per heavy atom. The number of hydrogen-bond acceptors (Lipinski definition) is 5. The number of nitrogens with one attached hydrogen (secondary N) is 2. The van der Waals surface area contributed by atoms with E-state index >= 15 is 0 Å². The number of aryl methyl sites for hydroxylation is 2.